The van der Waals surface area contributed by atoms with Crippen molar-refractivity contribution in [3.05, 3.63) is 154 Å². The Labute approximate surface area is 283 Å². The van der Waals surface area contributed by atoms with Gasteiger partial charge in [0, 0.05) is 22.9 Å². The largest absolute Gasteiger partial charge is 0.335 e. The highest BCUT2D eigenvalue weighted by atomic mass is 15.1. The van der Waals surface area contributed by atoms with Crippen LogP contribution in [0.4, 0.5) is 11.4 Å². The predicted octanol–water partition coefficient (Wildman–Crippen LogP) is 13.1. The normalized spacial score (nSPS) is 12.7. The molecular formula is C47H39N. The van der Waals surface area contributed by atoms with Crippen molar-refractivity contribution in [3.63, 3.8) is 0 Å². The van der Waals surface area contributed by atoms with Gasteiger partial charge in [-0.05, 0) is 126 Å². The van der Waals surface area contributed by atoms with Crippen molar-refractivity contribution in [2.75, 3.05) is 4.90 Å². The Morgan fingerprint density at radius 2 is 0.979 bits per heavy atom. The van der Waals surface area contributed by atoms with Gasteiger partial charge in [0.05, 0.1) is 11.4 Å². The van der Waals surface area contributed by atoms with E-state index in [-0.39, 0.29) is 0 Å². The van der Waals surface area contributed by atoms with Gasteiger partial charge in [0.25, 0.3) is 0 Å². The van der Waals surface area contributed by atoms with Crippen LogP contribution in [-0.2, 0) is 6.54 Å². The van der Waals surface area contributed by atoms with Crippen molar-refractivity contribution in [2.45, 2.75) is 48.1 Å². The van der Waals surface area contributed by atoms with Gasteiger partial charge < -0.3 is 4.90 Å². The molecule has 8 aromatic carbocycles. The molecule has 0 amide bonds. The molecule has 0 N–H and O–H groups in total. The van der Waals surface area contributed by atoms with E-state index in [0.717, 1.165) is 6.54 Å². The second-order valence-electron chi connectivity index (χ2n) is 14.3. The maximum absolute atomic E-state index is 2.63. The molecule has 1 aliphatic rings. The fourth-order valence-electron chi connectivity index (χ4n) is 8.27. The molecule has 0 aliphatic carbocycles. The standard InChI is InChI=1S/C47H39N/c1-27-8-13-37-35(18-27)25-43(42-21-31(5)11-16-40(37)42)44-22-32(6)23-45-46(44)38-14-9-29(3)19-36(38)26-48(45)47-39-15-10-28(2)17-34(39)24-33-12-7-30(4)20-41(33)47/h7-25H,26H2,1-6H3. The summed E-state index contributed by atoms with van der Waals surface area (Å²) >= 11 is 0. The van der Waals surface area contributed by atoms with E-state index in [0.29, 0.717) is 0 Å². The number of anilines is 2. The Bertz CT molecular complexity index is 2660. The van der Waals surface area contributed by atoms with Crippen LogP contribution < -0.4 is 4.90 Å². The van der Waals surface area contributed by atoms with E-state index in [1.54, 1.807) is 0 Å². The number of fused-ring (bicyclic) bond motifs is 8. The molecule has 0 saturated carbocycles. The van der Waals surface area contributed by atoms with Gasteiger partial charge in [-0.3, -0.25) is 0 Å². The molecule has 1 heteroatoms. The van der Waals surface area contributed by atoms with E-state index in [1.165, 1.54) is 116 Å². The van der Waals surface area contributed by atoms with E-state index < -0.39 is 0 Å². The summed E-state index contributed by atoms with van der Waals surface area (Å²) in [5, 5.41) is 10.4. The van der Waals surface area contributed by atoms with Crippen LogP contribution >= 0.6 is 0 Å². The smallest absolute Gasteiger partial charge is 0.0573 e. The molecule has 0 unspecified atom stereocenters. The average Bonchev–Trinajstić information content (AvgIpc) is 3.06. The third-order valence-electron chi connectivity index (χ3n) is 10.5. The molecule has 0 spiro atoms. The van der Waals surface area contributed by atoms with Gasteiger partial charge in [0.2, 0.25) is 0 Å². The molecule has 48 heavy (non-hydrogen) atoms. The number of hydrogen-bond donors (Lipinski definition) is 0. The monoisotopic (exact) mass is 617 g/mol. The fraction of sp³-hybridized carbons (Fsp3) is 0.149. The van der Waals surface area contributed by atoms with E-state index in [1.807, 2.05) is 0 Å². The number of rotatable bonds is 2. The molecule has 1 heterocycles. The molecule has 232 valence electrons. The molecule has 0 bridgehead atoms. The maximum Gasteiger partial charge on any atom is 0.0573 e. The summed E-state index contributed by atoms with van der Waals surface area (Å²) in [6.07, 6.45) is 0. The van der Waals surface area contributed by atoms with Crippen molar-refractivity contribution in [2.24, 2.45) is 0 Å². The van der Waals surface area contributed by atoms with Crippen LogP contribution in [0.3, 0.4) is 0 Å². The molecule has 9 rings (SSSR count). The first-order valence-corrected chi connectivity index (χ1v) is 17.1. The molecule has 8 aromatic rings. The third kappa shape index (κ3) is 4.45. The molecule has 0 saturated heterocycles. The molecule has 0 aromatic heterocycles. The van der Waals surface area contributed by atoms with Crippen LogP contribution in [0, 0.1) is 41.5 Å². The SMILES string of the molecule is Cc1ccc2c(c1)CN(c1c3ccc(C)cc3cc3ccc(C)cc13)c1cc(C)cc(-c3cc4cc(C)ccc4c4ccc(C)cc34)c1-2. The van der Waals surface area contributed by atoms with Crippen LogP contribution in [0.15, 0.2) is 115 Å². The van der Waals surface area contributed by atoms with E-state index in [9.17, 15) is 0 Å². The number of hydrogen-bond acceptors (Lipinski definition) is 1. The summed E-state index contributed by atoms with van der Waals surface area (Å²) in [7, 11) is 0. The predicted molar refractivity (Wildman–Crippen MR) is 208 cm³/mol. The van der Waals surface area contributed by atoms with E-state index >= 15 is 0 Å². The van der Waals surface area contributed by atoms with Crippen LogP contribution in [0.25, 0.3) is 65.3 Å². The van der Waals surface area contributed by atoms with E-state index in [4.69, 9.17) is 0 Å². The van der Waals surface area contributed by atoms with Crippen molar-refractivity contribution >= 4 is 54.5 Å². The van der Waals surface area contributed by atoms with Crippen LogP contribution in [0.5, 0.6) is 0 Å². The number of aryl methyl sites for hydroxylation is 6. The molecule has 0 fully saturated rings. The Kier molecular flexibility index (Phi) is 6.33. The lowest BCUT2D eigenvalue weighted by Gasteiger charge is -2.36. The summed E-state index contributed by atoms with van der Waals surface area (Å²) in [5.41, 5.74) is 16.9. The van der Waals surface area contributed by atoms with Crippen LogP contribution in [0.2, 0.25) is 0 Å². The highest BCUT2D eigenvalue weighted by Gasteiger charge is 2.29. The lowest BCUT2D eigenvalue weighted by atomic mass is 9.82. The third-order valence-corrected chi connectivity index (χ3v) is 10.5. The van der Waals surface area contributed by atoms with Gasteiger partial charge in [-0.25, -0.2) is 0 Å². The van der Waals surface area contributed by atoms with Gasteiger partial charge in [-0.2, -0.15) is 0 Å². The van der Waals surface area contributed by atoms with E-state index in [2.05, 4.69) is 162 Å². The first-order chi connectivity index (χ1) is 23.2. The summed E-state index contributed by atoms with van der Waals surface area (Å²) in [4.78, 5) is 2.63. The highest BCUT2D eigenvalue weighted by molar-refractivity contribution is 6.18. The lowest BCUT2D eigenvalue weighted by molar-refractivity contribution is 0.966. The fourth-order valence-corrected chi connectivity index (χ4v) is 8.27. The average molecular weight is 618 g/mol. The summed E-state index contributed by atoms with van der Waals surface area (Å²) in [6.45, 7) is 14.1. The Morgan fingerprint density at radius 3 is 1.75 bits per heavy atom. The van der Waals surface area contributed by atoms with Crippen LogP contribution in [0.1, 0.15) is 38.9 Å². The number of nitrogens with zero attached hydrogens (tertiary/aromatic N) is 1. The zero-order chi connectivity index (χ0) is 32.8. The van der Waals surface area contributed by atoms with Crippen LogP contribution in [-0.4, -0.2) is 0 Å². The minimum absolute atomic E-state index is 0.819. The Hall–Kier alpha value is -5.40. The van der Waals surface area contributed by atoms with Crippen molar-refractivity contribution in [1.29, 1.82) is 0 Å². The first kappa shape index (κ1) is 28.8. The second-order valence-corrected chi connectivity index (χ2v) is 14.3. The number of benzene rings is 8. The second kappa shape index (κ2) is 10.6. The van der Waals surface area contributed by atoms with Crippen molar-refractivity contribution in [3.8, 4) is 22.3 Å². The van der Waals surface area contributed by atoms with Gasteiger partial charge in [0.1, 0.15) is 0 Å². The Morgan fingerprint density at radius 1 is 0.375 bits per heavy atom. The topological polar surface area (TPSA) is 3.24 Å². The summed E-state index contributed by atoms with van der Waals surface area (Å²) in [5.74, 6) is 0. The zero-order valence-corrected chi connectivity index (χ0v) is 28.6. The summed E-state index contributed by atoms with van der Waals surface area (Å²) in [6, 6.07) is 44.5. The Balaban J connectivity index is 1.43. The molecule has 0 radical (unpaired) electrons. The van der Waals surface area contributed by atoms with Crippen molar-refractivity contribution in [1.82, 2.24) is 0 Å². The minimum atomic E-state index is 0.819. The lowest BCUT2D eigenvalue weighted by Crippen LogP contribution is -2.23. The molecule has 0 atom stereocenters. The van der Waals surface area contributed by atoms with Gasteiger partial charge >= 0.3 is 0 Å². The minimum Gasteiger partial charge on any atom is -0.335 e. The maximum atomic E-state index is 2.63. The molecule has 1 nitrogen and oxygen atoms in total. The van der Waals surface area contributed by atoms with Gasteiger partial charge in [0.15, 0.2) is 0 Å². The van der Waals surface area contributed by atoms with Gasteiger partial charge in [-0.1, -0.05) is 119 Å². The zero-order valence-electron chi connectivity index (χ0n) is 28.6. The van der Waals surface area contributed by atoms with Gasteiger partial charge in [-0.15, -0.1) is 0 Å². The molecular weight excluding hydrogens is 579 g/mol. The quantitative estimate of drug-likeness (QED) is 0.138. The summed E-state index contributed by atoms with van der Waals surface area (Å²) < 4.78 is 0. The molecule has 1 aliphatic heterocycles. The van der Waals surface area contributed by atoms with Crippen molar-refractivity contribution < 1.29 is 0 Å². The highest BCUT2D eigenvalue weighted by Crippen LogP contribution is 2.52. The first-order valence-electron chi connectivity index (χ1n) is 17.1.